The topological polar surface area (TPSA) is 43.1 Å². The lowest BCUT2D eigenvalue weighted by molar-refractivity contribution is 0.0994. The minimum absolute atomic E-state index is 0.0400. The summed E-state index contributed by atoms with van der Waals surface area (Å²) in [6, 6.07) is 7.27. The molecule has 0 atom stereocenters. The Bertz CT molecular complexity index is 565. The van der Waals surface area contributed by atoms with Gasteiger partial charge in [-0.15, -0.1) is 11.3 Å². The first-order valence-corrected chi connectivity index (χ1v) is 7.34. The van der Waals surface area contributed by atoms with Crippen LogP contribution < -0.4 is 5.73 Å². The van der Waals surface area contributed by atoms with Crippen LogP contribution in [0, 0.1) is 0 Å². The smallest absolute Gasteiger partial charge is 0.170 e. The number of thiophene rings is 1. The highest BCUT2D eigenvalue weighted by molar-refractivity contribution is 9.10. The summed E-state index contributed by atoms with van der Waals surface area (Å²) in [5, 5.41) is 1.96. The molecule has 0 amide bonds. The van der Waals surface area contributed by atoms with Crippen LogP contribution in [-0.4, -0.2) is 5.78 Å². The number of benzene rings is 1. The fraction of sp³-hybridized carbons (Fsp3) is 0.0833. The van der Waals surface area contributed by atoms with Crippen molar-refractivity contribution in [1.29, 1.82) is 0 Å². The van der Waals surface area contributed by atoms with Gasteiger partial charge in [-0.1, -0.05) is 15.9 Å². The van der Waals surface area contributed by atoms with E-state index < -0.39 is 0 Å². The first-order valence-electron chi connectivity index (χ1n) is 4.88. The van der Waals surface area contributed by atoms with Crippen LogP contribution in [0.1, 0.15) is 15.2 Å². The molecule has 0 bridgehead atoms. The summed E-state index contributed by atoms with van der Waals surface area (Å²) in [6.07, 6.45) is 0.379. The predicted octanol–water partition coefficient (Wildman–Crippen LogP) is 4.28. The van der Waals surface area contributed by atoms with Gasteiger partial charge >= 0.3 is 0 Å². The van der Waals surface area contributed by atoms with E-state index in [9.17, 15) is 4.79 Å². The Morgan fingerprint density at radius 3 is 2.65 bits per heavy atom. The molecule has 2 rings (SSSR count). The third kappa shape index (κ3) is 2.97. The van der Waals surface area contributed by atoms with Crippen LogP contribution in [0.3, 0.4) is 0 Å². The molecular formula is C12H9Br2NOS. The van der Waals surface area contributed by atoms with E-state index in [-0.39, 0.29) is 5.78 Å². The molecule has 1 aromatic carbocycles. The Morgan fingerprint density at radius 2 is 2.06 bits per heavy atom. The lowest BCUT2D eigenvalue weighted by Crippen LogP contribution is -2.06. The molecule has 2 nitrogen and oxygen atoms in total. The van der Waals surface area contributed by atoms with E-state index in [0.29, 0.717) is 17.7 Å². The number of anilines is 1. The maximum atomic E-state index is 12.1. The van der Waals surface area contributed by atoms with Crippen LogP contribution in [-0.2, 0) is 6.42 Å². The Hall–Kier alpha value is -0.650. The van der Waals surface area contributed by atoms with E-state index in [4.69, 9.17) is 5.73 Å². The summed E-state index contributed by atoms with van der Waals surface area (Å²) in [4.78, 5) is 13.1. The second kappa shape index (κ2) is 5.33. The second-order valence-electron chi connectivity index (χ2n) is 3.52. The molecule has 88 valence electrons. The molecule has 0 radical (unpaired) electrons. The third-order valence-electron chi connectivity index (χ3n) is 2.33. The first-order chi connectivity index (χ1) is 8.08. The van der Waals surface area contributed by atoms with Crippen molar-refractivity contribution in [1.82, 2.24) is 0 Å². The molecule has 2 aromatic rings. The molecule has 0 saturated carbocycles. The molecule has 1 heterocycles. The number of nitrogens with two attached hydrogens (primary N) is 1. The summed E-state index contributed by atoms with van der Waals surface area (Å²) >= 11 is 8.30. The maximum Gasteiger partial charge on any atom is 0.170 e. The lowest BCUT2D eigenvalue weighted by Gasteiger charge is -2.04. The van der Waals surface area contributed by atoms with Gasteiger partial charge in [0.05, 0.1) is 0 Å². The van der Waals surface area contributed by atoms with Gasteiger partial charge in [-0.05, 0) is 45.6 Å². The van der Waals surface area contributed by atoms with Gasteiger partial charge in [-0.2, -0.15) is 0 Å². The highest BCUT2D eigenvalue weighted by Gasteiger charge is 2.13. The standard InChI is InChI=1S/C12H9Br2NOS/c13-7-1-2-8(10(15)5-7)11(16)6-12-9(14)3-4-17-12/h1-5H,6,15H2. The van der Waals surface area contributed by atoms with Crippen molar-refractivity contribution in [3.05, 3.63) is 49.0 Å². The van der Waals surface area contributed by atoms with Crippen molar-refractivity contribution in [2.75, 3.05) is 5.73 Å². The fourth-order valence-electron chi connectivity index (χ4n) is 1.48. The Morgan fingerprint density at radius 1 is 1.29 bits per heavy atom. The van der Waals surface area contributed by atoms with Gasteiger partial charge < -0.3 is 5.73 Å². The summed E-state index contributed by atoms with van der Waals surface area (Å²) < 4.78 is 1.86. The Balaban J connectivity index is 2.23. The van der Waals surface area contributed by atoms with Gasteiger partial charge in [0.25, 0.3) is 0 Å². The number of ketones is 1. The Labute approximate surface area is 120 Å². The number of rotatable bonds is 3. The minimum atomic E-state index is 0.0400. The first kappa shape index (κ1) is 12.8. The van der Waals surface area contributed by atoms with E-state index >= 15 is 0 Å². The van der Waals surface area contributed by atoms with Crippen molar-refractivity contribution in [2.24, 2.45) is 0 Å². The van der Waals surface area contributed by atoms with Crippen LogP contribution >= 0.6 is 43.2 Å². The monoisotopic (exact) mass is 373 g/mol. The fourth-order valence-corrected chi connectivity index (χ4v) is 3.35. The molecule has 17 heavy (non-hydrogen) atoms. The second-order valence-corrected chi connectivity index (χ2v) is 6.29. The van der Waals surface area contributed by atoms with Crippen LogP contribution in [0.25, 0.3) is 0 Å². The molecule has 0 spiro atoms. The minimum Gasteiger partial charge on any atom is -0.398 e. The maximum absolute atomic E-state index is 12.1. The average Bonchev–Trinajstić information content (AvgIpc) is 2.64. The molecule has 0 aliphatic rings. The SMILES string of the molecule is Nc1cc(Br)ccc1C(=O)Cc1sccc1Br. The molecule has 0 unspecified atom stereocenters. The predicted molar refractivity (Wildman–Crippen MR) is 78.6 cm³/mol. The molecule has 0 aliphatic heterocycles. The van der Waals surface area contributed by atoms with E-state index in [1.165, 1.54) is 0 Å². The summed E-state index contributed by atoms with van der Waals surface area (Å²) in [6.45, 7) is 0. The van der Waals surface area contributed by atoms with Crippen molar-refractivity contribution in [3.8, 4) is 0 Å². The lowest BCUT2D eigenvalue weighted by atomic mass is 10.1. The number of nitrogen functional groups attached to an aromatic ring is 1. The molecule has 5 heteroatoms. The van der Waals surface area contributed by atoms with Gasteiger partial charge in [-0.25, -0.2) is 0 Å². The van der Waals surface area contributed by atoms with Crippen LogP contribution in [0.4, 0.5) is 5.69 Å². The average molecular weight is 375 g/mol. The van der Waals surface area contributed by atoms with Crippen LogP contribution in [0.5, 0.6) is 0 Å². The number of Topliss-reactive ketones (excluding diaryl/α,β-unsaturated/α-hetero) is 1. The van der Waals surface area contributed by atoms with E-state index in [0.717, 1.165) is 13.8 Å². The summed E-state index contributed by atoms with van der Waals surface area (Å²) in [7, 11) is 0. The number of carbonyl (C=O) groups excluding carboxylic acids is 1. The summed E-state index contributed by atoms with van der Waals surface area (Å²) in [5.74, 6) is 0.0400. The summed E-state index contributed by atoms with van der Waals surface area (Å²) in [5.41, 5.74) is 6.92. The molecule has 0 fully saturated rings. The molecule has 0 saturated heterocycles. The van der Waals surface area contributed by atoms with Gasteiger partial charge in [-0.3, -0.25) is 4.79 Å². The highest BCUT2D eigenvalue weighted by Crippen LogP contribution is 2.26. The van der Waals surface area contributed by atoms with Crippen molar-refractivity contribution in [3.63, 3.8) is 0 Å². The zero-order valence-electron chi connectivity index (χ0n) is 8.74. The highest BCUT2D eigenvalue weighted by atomic mass is 79.9. The van der Waals surface area contributed by atoms with Gasteiger partial charge in [0.2, 0.25) is 0 Å². The van der Waals surface area contributed by atoms with Gasteiger partial charge in [0, 0.05) is 31.5 Å². The number of hydrogen-bond donors (Lipinski definition) is 1. The quantitative estimate of drug-likeness (QED) is 0.643. The molecule has 2 N–H and O–H groups in total. The zero-order chi connectivity index (χ0) is 12.4. The van der Waals surface area contributed by atoms with Crippen molar-refractivity contribution < 1.29 is 4.79 Å². The number of carbonyl (C=O) groups is 1. The van der Waals surface area contributed by atoms with E-state index in [1.807, 2.05) is 17.5 Å². The third-order valence-corrected chi connectivity index (χ3v) is 4.75. The molecular weight excluding hydrogens is 366 g/mol. The molecule has 0 aliphatic carbocycles. The van der Waals surface area contributed by atoms with E-state index in [1.54, 1.807) is 23.5 Å². The number of halogens is 2. The molecule has 1 aromatic heterocycles. The van der Waals surface area contributed by atoms with Crippen molar-refractivity contribution in [2.45, 2.75) is 6.42 Å². The normalized spacial score (nSPS) is 10.5. The van der Waals surface area contributed by atoms with Crippen molar-refractivity contribution >= 4 is 54.7 Å². The Kier molecular flexibility index (Phi) is 4.01. The van der Waals surface area contributed by atoms with Gasteiger partial charge in [0.15, 0.2) is 5.78 Å². The van der Waals surface area contributed by atoms with E-state index in [2.05, 4.69) is 31.9 Å². The largest absolute Gasteiger partial charge is 0.398 e. The zero-order valence-corrected chi connectivity index (χ0v) is 12.7. The van der Waals surface area contributed by atoms with Crippen LogP contribution in [0.2, 0.25) is 0 Å². The van der Waals surface area contributed by atoms with Crippen LogP contribution in [0.15, 0.2) is 38.6 Å². The number of hydrogen-bond acceptors (Lipinski definition) is 3. The van der Waals surface area contributed by atoms with Gasteiger partial charge in [0.1, 0.15) is 0 Å².